The molecule has 0 N–H and O–H groups in total. The Hall–Kier alpha value is 1.07. The summed E-state index contributed by atoms with van der Waals surface area (Å²) in [4.78, 5) is 0. The van der Waals surface area contributed by atoms with Crippen molar-refractivity contribution in [3.8, 4) is 0 Å². The van der Waals surface area contributed by atoms with Crippen LogP contribution in [0.2, 0.25) is 3.93 Å². The molecular formula is C12H19ClHgO4. The van der Waals surface area contributed by atoms with Crippen LogP contribution in [0.1, 0.15) is 33.1 Å². The van der Waals surface area contributed by atoms with Crippen LogP contribution >= 0.6 is 8.25 Å². The van der Waals surface area contributed by atoms with Gasteiger partial charge in [-0.05, 0) is 0 Å². The van der Waals surface area contributed by atoms with Crippen LogP contribution < -0.4 is 0 Å². The van der Waals surface area contributed by atoms with Crippen LogP contribution in [0.15, 0.2) is 0 Å². The Morgan fingerprint density at radius 2 is 1.94 bits per heavy atom. The van der Waals surface area contributed by atoms with E-state index in [2.05, 4.69) is 0 Å². The molecule has 6 heteroatoms. The zero-order chi connectivity index (χ0) is 12.8. The van der Waals surface area contributed by atoms with Gasteiger partial charge in [-0.3, -0.25) is 0 Å². The van der Waals surface area contributed by atoms with Crippen molar-refractivity contribution in [1.82, 2.24) is 0 Å². The second-order valence-corrected chi connectivity index (χ2v) is 12.8. The van der Waals surface area contributed by atoms with Crippen LogP contribution in [-0.4, -0.2) is 36.5 Å². The Kier molecular flexibility index (Phi) is 4.25. The zero-order valence-corrected chi connectivity index (χ0v) is 17.2. The Balaban J connectivity index is 1.53. The fraction of sp³-hybridized carbons (Fsp3) is 1.00. The molecule has 0 bridgehead atoms. The zero-order valence-electron chi connectivity index (χ0n) is 10.9. The van der Waals surface area contributed by atoms with Gasteiger partial charge >= 0.3 is 124 Å². The van der Waals surface area contributed by atoms with Crippen LogP contribution in [0.5, 0.6) is 0 Å². The maximum atomic E-state index is 6.04. The Labute approximate surface area is 123 Å². The number of halogens is 1. The number of fused-ring (bicyclic) bond motifs is 1. The van der Waals surface area contributed by atoms with Crippen LogP contribution in [0.25, 0.3) is 0 Å². The third-order valence-corrected chi connectivity index (χ3v) is 9.16. The third kappa shape index (κ3) is 2.89. The number of rotatable bonds is 3. The second-order valence-electron chi connectivity index (χ2n) is 5.80. The first kappa shape index (κ1) is 14.0. The molecule has 3 saturated heterocycles. The molecule has 3 aliphatic rings. The van der Waals surface area contributed by atoms with Gasteiger partial charge in [0.25, 0.3) is 0 Å². The van der Waals surface area contributed by atoms with Crippen LogP contribution in [0.3, 0.4) is 0 Å². The predicted octanol–water partition coefficient (Wildman–Crippen LogP) is 2.46. The van der Waals surface area contributed by atoms with E-state index in [1.807, 2.05) is 13.8 Å². The molecule has 5 atom stereocenters. The summed E-state index contributed by atoms with van der Waals surface area (Å²) in [6.45, 7) is 3.86. The van der Waals surface area contributed by atoms with E-state index in [-0.39, 0.29) is 24.6 Å². The summed E-state index contributed by atoms with van der Waals surface area (Å²) in [5, 5.41) is 0. The van der Waals surface area contributed by atoms with E-state index in [0.29, 0.717) is 6.10 Å². The molecule has 3 rings (SSSR count). The van der Waals surface area contributed by atoms with Gasteiger partial charge in [-0.15, -0.1) is 0 Å². The molecular weight excluding hydrogens is 444 g/mol. The van der Waals surface area contributed by atoms with Crippen molar-refractivity contribution in [3.05, 3.63) is 0 Å². The first-order chi connectivity index (χ1) is 8.57. The van der Waals surface area contributed by atoms with Gasteiger partial charge in [0.15, 0.2) is 0 Å². The van der Waals surface area contributed by atoms with E-state index in [9.17, 15) is 0 Å². The maximum absolute atomic E-state index is 6.04. The SMILES string of the molecule is CC1(C)O[C@H]2O[C@@H]([C@H]3CC[C@@H]([CH2][Hg][Cl])O3)C[C@H]2O1. The van der Waals surface area contributed by atoms with Gasteiger partial charge in [0.05, 0.1) is 0 Å². The quantitative estimate of drug-likeness (QED) is 0.603. The van der Waals surface area contributed by atoms with E-state index < -0.39 is 29.1 Å². The van der Waals surface area contributed by atoms with Gasteiger partial charge in [-0.2, -0.15) is 0 Å². The molecule has 3 aliphatic heterocycles. The van der Waals surface area contributed by atoms with E-state index in [4.69, 9.17) is 27.2 Å². The molecule has 3 heterocycles. The van der Waals surface area contributed by atoms with Crippen molar-refractivity contribution >= 4 is 8.25 Å². The molecule has 0 spiro atoms. The van der Waals surface area contributed by atoms with Gasteiger partial charge in [-0.25, -0.2) is 0 Å². The normalized spacial score (nSPS) is 46.1. The average Bonchev–Trinajstić information content (AvgIpc) is 2.90. The number of hydrogen-bond donors (Lipinski definition) is 0. The van der Waals surface area contributed by atoms with Gasteiger partial charge in [0.1, 0.15) is 0 Å². The summed E-state index contributed by atoms with van der Waals surface area (Å²) in [5.74, 6) is -0.507. The molecule has 0 saturated carbocycles. The van der Waals surface area contributed by atoms with Gasteiger partial charge in [0, 0.05) is 0 Å². The summed E-state index contributed by atoms with van der Waals surface area (Å²) in [6, 6.07) is 0. The first-order valence-electron chi connectivity index (χ1n) is 6.80. The van der Waals surface area contributed by atoms with Crippen molar-refractivity contribution in [1.29, 1.82) is 0 Å². The molecule has 0 unspecified atom stereocenters. The van der Waals surface area contributed by atoms with E-state index in [1.165, 1.54) is 0 Å². The molecule has 0 aromatic rings. The minimum absolute atomic E-state index is 0.0701. The minimum atomic E-state index is -1.09. The molecule has 18 heavy (non-hydrogen) atoms. The Morgan fingerprint density at radius 3 is 2.67 bits per heavy atom. The molecule has 0 aliphatic carbocycles. The topological polar surface area (TPSA) is 36.9 Å². The molecule has 100 valence electrons. The van der Waals surface area contributed by atoms with Crippen molar-refractivity contribution in [2.24, 2.45) is 0 Å². The van der Waals surface area contributed by atoms with E-state index >= 15 is 0 Å². The standard InChI is InChI=1S/C12H19O4.ClH.Hg/c1-7-4-5-8(13-7)9-6-10-11(14-9)16-12(2,3)15-10;;/h7-11H,1,4-6H2,2-3H3;1H;/q;;+1/p-1/t7-,8-,9-,10-,11-;;/m1../s1. The summed E-state index contributed by atoms with van der Waals surface area (Å²) in [7, 11) is 5.97. The summed E-state index contributed by atoms with van der Waals surface area (Å²) < 4.78 is 24.7. The monoisotopic (exact) mass is 464 g/mol. The van der Waals surface area contributed by atoms with E-state index in [0.717, 1.165) is 23.2 Å². The molecule has 3 fully saturated rings. The molecule has 0 amide bonds. The number of ether oxygens (including phenoxy) is 4. The first-order valence-corrected chi connectivity index (χ1v) is 17.5. The van der Waals surface area contributed by atoms with Gasteiger partial charge in [0.2, 0.25) is 0 Å². The molecule has 4 nitrogen and oxygen atoms in total. The predicted molar refractivity (Wildman–Crippen MR) is 61.9 cm³/mol. The second kappa shape index (κ2) is 5.45. The van der Waals surface area contributed by atoms with Crippen molar-refractivity contribution in [2.45, 2.75) is 73.5 Å². The summed E-state index contributed by atoms with van der Waals surface area (Å²) in [5.41, 5.74) is 0. The van der Waals surface area contributed by atoms with Crippen LogP contribution in [0, 0.1) is 0 Å². The third-order valence-electron chi connectivity index (χ3n) is 3.90. The summed E-state index contributed by atoms with van der Waals surface area (Å²) in [6.07, 6.45) is 3.72. The van der Waals surface area contributed by atoms with Crippen LogP contribution in [-0.2, 0) is 42.3 Å². The molecule has 0 aromatic heterocycles. The molecule has 0 aromatic carbocycles. The van der Waals surface area contributed by atoms with Crippen molar-refractivity contribution in [2.75, 3.05) is 0 Å². The van der Waals surface area contributed by atoms with Gasteiger partial charge in [-0.1, -0.05) is 0 Å². The molecule has 0 radical (unpaired) electrons. The summed E-state index contributed by atoms with van der Waals surface area (Å²) >= 11 is -1.09. The van der Waals surface area contributed by atoms with Crippen LogP contribution in [0.4, 0.5) is 0 Å². The fourth-order valence-electron chi connectivity index (χ4n) is 3.12. The Morgan fingerprint density at radius 1 is 1.11 bits per heavy atom. The van der Waals surface area contributed by atoms with Gasteiger partial charge < -0.3 is 0 Å². The van der Waals surface area contributed by atoms with E-state index in [1.54, 1.807) is 0 Å². The number of hydrogen-bond acceptors (Lipinski definition) is 4. The van der Waals surface area contributed by atoms with Crippen molar-refractivity contribution < 1.29 is 42.3 Å². The fourth-order valence-corrected chi connectivity index (χ4v) is 7.85. The van der Waals surface area contributed by atoms with Crippen molar-refractivity contribution in [3.63, 3.8) is 0 Å². The Bertz CT molecular complexity index is 298. The average molecular weight is 463 g/mol.